The van der Waals surface area contributed by atoms with Gasteiger partial charge in [-0.25, -0.2) is 9.59 Å². The number of carbonyl (C=O) groups is 5. The molecule has 41 heavy (non-hydrogen) atoms. The quantitative estimate of drug-likeness (QED) is 0.105. The van der Waals surface area contributed by atoms with Crippen molar-refractivity contribution in [2.24, 2.45) is 5.41 Å². The highest BCUT2D eigenvalue weighted by molar-refractivity contribution is 5.92. The Bertz CT molecular complexity index is 1260. The van der Waals surface area contributed by atoms with Crippen LogP contribution in [0.1, 0.15) is 56.0 Å². The van der Waals surface area contributed by atoms with E-state index in [1.54, 1.807) is 44.2 Å². The molecule has 0 aliphatic heterocycles. The molecule has 0 atom stereocenters. The fourth-order valence-corrected chi connectivity index (χ4v) is 3.00. The van der Waals surface area contributed by atoms with Crippen molar-refractivity contribution in [1.29, 1.82) is 0 Å². The summed E-state index contributed by atoms with van der Waals surface area (Å²) in [6.45, 7) is 5.19. The van der Waals surface area contributed by atoms with Crippen LogP contribution in [-0.4, -0.2) is 57.3 Å². The lowest BCUT2D eigenvalue weighted by atomic mass is 9.91. The van der Waals surface area contributed by atoms with Crippen LogP contribution in [0.5, 0.6) is 17.2 Å². The van der Waals surface area contributed by atoms with Gasteiger partial charge < -0.3 is 28.4 Å². The minimum absolute atomic E-state index is 0.0506. The van der Waals surface area contributed by atoms with Crippen molar-refractivity contribution in [3.63, 3.8) is 0 Å². The predicted octanol–water partition coefficient (Wildman–Crippen LogP) is 4.31. The third kappa shape index (κ3) is 10.8. The highest BCUT2D eigenvalue weighted by Crippen LogP contribution is 2.29. The van der Waals surface area contributed by atoms with Crippen molar-refractivity contribution in [2.45, 2.75) is 40.0 Å². The number of hydrogen-bond acceptors (Lipinski definition) is 11. The molecule has 0 saturated heterocycles. The maximum Gasteiger partial charge on any atom is 0.343 e. The van der Waals surface area contributed by atoms with E-state index in [0.29, 0.717) is 12.0 Å². The zero-order chi connectivity index (χ0) is 30.4. The van der Waals surface area contributed by atoms with E-state index in [2.05, 4.69) is 4.74 Å². The molecule has 0 heterocycles. The normalized spacial score (nSPS) is 11.0. The molecule has 0 bridgehead atoms. The van der Waals surface area contributed by atoms with Gasteiger partial charge >= 0.3 is 29.8 Å². The lowest BCUT2D eigenvalue weighted by molar-refractivity contribution is -0.159. The molecule has 2 aromatic carbocycles. The summed E-state index contributed by atoms with van der Waals surface area (Å²) < 4.78 is 30.5. The predicted molar refractivity (Wildman–Crippen MR) is 146 cm³/mol. The summed E-state index contributed by atoms with van der Waals surface area (Å²) in [6, 6.07) is 10.6. The van der Waals surface area contributed by atoms with E-state index in [1.165, 1.54) is 38.5 Å². The summed E-state index contributed by atoms with van der Waals surface area (Å²) in [5, 5.41) is 0. The minimum atomic E-state index is -0.715. The highest BCUT2D eigenvalue weighted by Gasteiger charge is 2.27. The molecular formula is C30H34O11. The Morgan fingerprint density at radius 1 is 0.805 bits per heavy atom. The summed E-state index contributed by atoms with van der Waals surface area (Å²) in [5.41, 5.74) is 0.225. The van der Waals surface area contributed by atoms with Crippen molar-refractivity contribution in [3.05, 3.63) is 59.7 Å². The zero-order valence-corrected chi connectivity index (χ0v) is 23.7. The number of methoxy groups -OCH3 is 2. The van der Waals surface area contributed by atoms with E-state index in [-0.39, 0.29) is 54.8 Å². The van der Waals surface area contributed by atoms with Crippen LogP contribution < -0.4 is 14.2 Å². The summed E-state index contributed by atoms with van der Waals surface area (Å²) in [6.07, 6.45) is 2.93. The third-order valence-corrected chi connectivity index (χ3v) is 5.88. The van der Waals surface area contributed by atoms with Crippen LogP contribution in [0.2, 0.25) is 0 Å². The first-order valence-electron chi connectivity index (χ1n) is 12.8. The van der Waals surface area contributed by atoms with Gasteiger partial charge in [0, 0.05) is 6.08 Å². The van der Waals surface area contributed by atoms with Crippen molar-refractivity contribution in [1.82, 2.24) is 0 Å². The molecule has 0 spiro atoms. The van der Waals surface area contributed by atoms with Crippen LogP contribution >= 0.6 is 0 Å². The molecule has 2 rings (SSSR count). The van der Waals surface area contributed by atoms with Crippen molar-refractivity contribution in [3.8, 4) is 17.2 Å². The van der Waals surface area contributed by atoms with Crippen molar-refractivity contribution >= 4 is 35.9 Å². The van der Waals surface area contributed by atoms with Crippen molar-refractivity contribution < 1.29 is 52.4 Å². The van der Waals surface area contributed by atoms with Crippen LogP contribution in [-0.2, 0) is 33.4 Å². The summed E-state index contributed by atoms with van der Waals surface area (Å²) in [7, 11) is 2.62. The molecular weight excluding hydrogens is 536 g/mol. The van der Waals surface area contributed by atoms with E-state index < -0.39 is 29.3 Å². The van der Waals surface area contributed by atoms with E-state index in [9.17, 15) is 24.0 Å². The number of ether oxygens (including phenoxy) is 6. The van der Waals surface area contributed by atoms with Gasteiger partial charge in [-0.15, -0.1) is 0 Å². The van der Waals surface area contributed by atoms with Crippen LogP contribution in [0.4, 0.5) is 0 Å². The Labute approximate surface area is 238 Å². The number of esters is 5. The molecule has 0 aliphatic carbocycles. The van der Waals surface area contributed by atoms with Crippen LogP contribution in [0.15, 0.2) is 48.5 Å². The third-order valence-electron chi connectivity index (χ3n) is 5.88. The second-order valence-corrected chi connectivity index (χ2v) is 9.25. The molecule has 0 unspecified atom stereocenters. The Morgan fingerprint density at radius 3 is 2.10 bits per heavy atom. The van der Waals surface area contributed by atoms with Crippen LogP contribution in [0.25, 0.3) is 6.08 Å². The second-order valence-electron chi connectivity index (χ2n) is 9.25. The van der Waals surface area contributed by atoms with Gasteiger partial charge in [-0.1, -0.05) is 19.1 Å². The maximum atomic E-state index is 12.6. The minimum Gasteiger partial charge on any atom is -0.493 e. The summed E-state index contributed by atoms with van der Waals surface area (Å²) in [5.74, 6) is -2.48. The molecule has 2 aromatic rings. The molecule has 0 N–H and O–H groups in total. The Balaban J connectivity index is 1.84. The van der Waals surface area contributed by atoms with Gasteiger partial charge in [0.2, 0.25) is 0 Å². The van der Waals surface area contributed by atoms with Gasteiger partial charge in [0.1, 0.15) is 19.0 Å². The molecule has 220 valence electrons. The number of hydrogen-bond donors (Lipinski definition) is 0. The van der Waals surface area contributed by atoms with Crippen molar-refractivity contribution in [2.75, 3.05) is 27.4 Å². The van der Waals surface area contributed by atoms with Crippen LogP contribution in [0, 0.1) is 5.41 Å². The molecule has 0 aliphatic rings. The Morgan fingerprint density at radius 2 is 1.46 bits per heavy atom. The van der Waals surface area contributed by atoms with E-state index >= 15 is 0 Å². The summed E-state index contributed by atoms with van der Waals surface area (Å²) in [4.78, 5) is 59.9. The number of carbonyl (C=O) groups excluding carboxylic acids is 5. The van der Waals surface area contributed by atoms with Gasteiger partial charge in [0.25, 0.3) is 0 Å². The van der Waals surface area contributed by atoms with E-state index in [0.717, 1.165) is 0 Å². The lowest BCUT2D eigenvalue weighted by Crippen LogP contribution is -2.27. The monoisotopic (exact) mass is 570 g/mol. The smallest absolute Gasteiger partial charge is 0.343 e. The largest absolute Gasteiger partial charge is 0.493 e. The van der Waals surface area contributed by atoms with Gasteiger partial charge in [-0.3, -0.25) is 14.4 Å². The zero-order valence-electron chi connectivity index (χ0n) is 23.7. The maximum absolute atomic E-state index is 12.6. The first-order chi connectivity index (χ1) is 19.5. The van der Waals surface area contributed by atoms with Crippen LogP contribution in [0.3, 0.4) is 0 Å². The molecule has 0 fully saturated rings. The average Bonchev–Trinajstić information content (AvgIpc) is 2.97. The molecule has 0 saturated carbocycles. The average molecular weight is 571 g/mol. The van der Waals surface area contributed by atoms with E-state index in [4.69, 9.17) is 23.7 Å². The standard InChI is InChI=1S/C30H34O11/c1-6-30(2,3)29(35)39-18-17-38-26(32)15-16-27(33)41-23-13-10-21(19-24(23)36-4)28(34)40-22-11-7-20(8-12-22)9-14-25(31)37-5/h7-14,19H,6,15-18H2,1-5H3/b14-9+. The van der Waals surface area contributed by atoms with Gasteiger partial charge in [0.05, 0.1) is 38.0 Å². The first-order valence-corrected chi connectivity index (χ1v) is 12.8. The number of rotatable bonds is 14. The Kier molecular flexibility index (Phi) is 12.5. The Hall–Kier alpha value is -4.67. The first kappa shape index (κ1) is 32.5. The topological polar surface area (TPSA) is 141 Å². The fraction of sp³-hybridized carbons (Fsp3) is 0.367. The lowest BCUT2D eigenvalue weighted by Gasteiger charge is -2.20. The number of benzene rings is 2. The van der Waals surface area contributed by atoms with E-state index in [1.807, 2.05) is 6.92 Å². The molecule has 0 radical (unpaired) electrons. The molecule has 0 amide bonds. The molecule has 0 aromatic heterocycles. The summed E-state index contributed by atoms with van der Waals surface area (Å²) >= 11 is 0. The molecule has 11 nitrogen and oxygen atoms in total. The van der Waals surface area contributed by atoms with Gasteiger partial charge in [-0.2, -0.15) is 0 Å². The fourth-order valence-electron chi connectivity index (χ4n) is 3.00. The highest BCUT2D eigenvalue weighted by atomic mass is 16.6. The van der Waals surface area contributed by atoms with Gasteiger partial charge in [0.15, 0.2) is 11.5 Å². The molecule has 11 heteroatoms. The SMILES string of the molecule is CCC(C)(C)C(=O)OCCOC(=O)CCC(=O)Oc1ccc(C(=O)Oc2ccc(/C=C/C(=O)OC)cc2)cc1OC. The van der Waals surface area contributed by atoms with Gasteiger partial charge in [-0.05, 0) is 62.2 Å². The second kappa shape index (κ2) is 15.8.